The van der Waals surface area contributed by atoms with Crippen molar-refractivity contribution in [3.05, 3.63) is 0 Å². The zero-order valence-corrected chi connectivity index (χ0v) is 7.56. The maximum atomic E-state index is 8.99. The zero-order chi connectivity index (χ0) is 8.91. The highest BCUT2D eigenvalue weighted by atomic mass is 35.5. The second-order valence-corrected chi connectivity index (χ2v) is 3.08. The van der Waals surface area contributed by atoms with Gasteiger partial charge in [-0.2, -0.15) is 0 Å². The Morgan fingerprint density at radius 2 is 2.27 bits per heavy atom. The fraction of sp³-hybridized carbons (Fsp3) is 0.750. The lowest BCUT2D eigenvalue weighted by atomic mass is 10.1. The highest BCUT2D eigenvalue weighted by molar-refractivity contribution is 6.18. The lowest BCUT2D eigenvalue weighted by Crippen LogP contribution is -2.28. The molecule has 0 saturated carbocycles. The molecular formula is C8H13ClO2. The maximum Gasteiger partial charge on any atom is 0.122 e. The first-order chi connectivity index (χ1) is 5.02. The molecule has 0 heterocycles. The predicted molar refractivity (Wildman–Crippen MR) is 45.6 cm³/mol. The van der Waals surface area contributed by atoms with Crippen LogP contribution in [0.4, 0.5) is 0 Å². The van der Waals surface area contributed by atoms with Crippen molar-refractivity contribution in [3.63, 3.8) is 0 Å². The van der Waals surface area contributed by atoms with Crippen LogP contribution in [-0.4, -0.2) is 29.3 Å². The molecule has 0 fully saturated rings. The van der Waals surface area contributed by atoms with Gasteiger partial charge in [0.25, 0.3) is 0 Å². The normalized spacial score (nSPS) is 14.1. The van der Waals surface area contributed by atoms with Gasteiger partial charge in [0.2, 0.25) is 0 Å². The SMILES string of the molecule is C#CC(C)(C)OCC(O)CCl. The summed E-state index contributed by atoms with van der Waals surface area (Å²) in [5.74, 6) is 2.61. The molecule has 0 amide bonds. The number of ether oxygens (including phenoxy) is 1. The van der Waals surface area contributed by atoms with Crippen LogP contribution in [0.5, 0.6) is 0 Å². The number of alkyl halides is 1. The van der Waals surface area contributed by atoms with Crippen LogP contribution in [0.1, 0.15) is 13.8 Å². The van der Waals surface area contributed by atoms with Crippen molar-refractivity contribution in [2.24, 2.45) is 0 Å². The Balaban J connectivity index is 3.63. The van der Waals surface area contributed by atoms with Gasteiger partial charge in [0.05, 0.1) is 18.6 Å². The standard InChI is InChI=1S/C8H13ClO2/c1-4-8(2,3)11-6-7(10)5-9/h1,7,10H,5-6H2,2-3H3. The van der Waals surface area contributed by atoms with Gasteiger partial charge in [0, 0.05) is 0 Å². The minimum atomic E-state index is -0.635. The molecule has 0 aromatic carbocycles. The van der Waals surface area contributed by atoms with Crippen LogP contribution in [0.3, 0.4) is 0 Å². The van der Waals surface area contributed by atoms with Crippen molar-refractivity contribution in [1.82, 2.24) is 0 Å². The molecule has 1 atom stereocenters. The van der Waals surface area contributed by atoms with Crippen LogP contribution in [0.15, 0.2) is 0 Å². The Kier molecular flexibility index (Phi) is 4.51. The van der Waals surface area contributed by atoms with E-state index in [-0.39, 0.29) is 12.5 Å². The van der Waals surface area contributed by atoms with E-state index in [1.54, 1.807) is 13.8 Å². The van der Waals surface area contributed by atoms with Crippen molar-refractivity contribution in [2.75, 3.05) is 12.5 Å². The summed E-state index contributed by atoms with van der Waals surface area (Å²) in [5.41, 5.74) is -0.618. The number of aliphatic hydroxyl groups is 1. The Labute approximate surface area is 72.5 Å². The summed E-state index contributed by atoms with van der Waals surface area (Å²) in [6.07, 6.45) is 4.51. The third kappa shape index (κ3) is 5.09. The molecule has 0 aromatic rings. The number of halogens is 1. The van der Waals surface area contributed by atoms with Gasteiger partial charge in [-0.1, -0.05) is 5.92 Å². The maximum absolute atomic E-state index is 8.99. The van der Waals surface area contributed by atoms with Crippen LogP contribution < -0.4 is 0 Å². The van der Waals surface area contributed by atoms with E-state index in [9.17, 15) is 0 Å². The van der Waals surface area contributed by atoms with Crippen molar-refractivity contribution in [3.8, 4) is 12.3 Å². The molecule has 0 aliphatic rings. The van der Waals surface area contributed by atoms with Crippen LogP contribution >= 0.6 is 11.6 Å². The largest absolute Gasteiger partial charge is 0.389 e. The Morgan fingerprint density at radius 1 is 1.73 bits per heavy atom. The van der Waals surface area contributed by atoms with Gasteiger partial charge in [-0.3, -0.25) is 0 Å². The van der Waals surface area contributed by atoms with E-state index in [2.05, 4.69) is 5.92 Å². The molecule has 0 spiro atoms. The van der Waals surface area contributed by atoms with Gasteiger partial charge >= 0.3 is 0 Å². The van der Waals surface area contributed by atoms with E-state index in [1.165, 1.54) is 0 Å². The molecule has 11 heavy (non-hydrogen) atoms. The van der Waals surface area contributed by atoms with Crippen LogP contribution in [0.2, 0.25) is 0 Å². The smallest absolute Gasteiger partial charge is 0.122 e. The second-order valence-electron chi connectivity index (χ2n) is 2.77. The Hall–Kier alpha value is -0.230. The lowest BCUT2D eigenvalue weighted by Gasteiger charge is -2.19. The van der Waals surface area contributed by atoms with Crippen molar-refractivity contribution < 1.29 is 9.84 Å². The highest BCUT2D eigenvalue weighted by Crippen LogP contribution is 2.07. The van der Waals surface area contributed by atoms with E-state index in [0.717, 1.165) is 0 Å². The van der Waals surface area contributed by atoms with E-state index < -0.39 is 11.7 Å². The van der Waals surface area contributed by atoms with Gasteiger partial charge < -0.3 is 9.84 Å². The second kappa shape index (κ2) is 4.61. The van der Waals surface area contributed by atoms with Crippen molar-refractivity contribution in [1.29, 1.82) is 0 Å². The monoisotopic (exact) mass is 176 g/mol. The summed E-state index contributed by atoms with van der Waals surface area (Å²) in [6.45, 7) is 3.70. The van der Waals surface area contributed by atoms with E-state index in [0.29, 0.717) is 0 Å². The molecule has 0 rings (SSSR count). The summed E-state index contributed by atoms with van der Waals surface area (Å²) >= 11 is 5.34. The Bertz CT molecular complexity index is 149. The number of aliphatic hydroxyl groups excluding tert-OH is 1. The third-order valence-corrected chi connectivity index (χ3v) is 1.52. The summed E-state index contributed by atoms with van der Waals surface area (Å²) < 4.78 is 5.16. The average molecular weight is 177 g/mol. The van der Waals surface area contributed by atoms with E-state index in [4.69, 9.17) is 27.9 Å². The minimum Gasteiger partial charge on any atom is -0.389 e. The van der Waals surface area contributed by atoms with Crippen molar-refractivity contribution >= 4 is 11.6 Å². The van der Waals surface area contributed by atoms with Crippen LogP contribution in [0.25, 0.3) is 0 Å². The molecule has 1 N–H and O–H groups in total. The quantitative estimate of drug-likeness (QED) is 0.512. The molecule has 0 aromatic heterocycles. The van der Waals surface area contributed by atoms with Crippen LogP contribution in [0, 0.1) is 12.3 Å². The van der Waals surface area contributed by atoms with Crippen LogP contribution in [-0.2, 0) is 4.74 Å². The van der Waals surface area contributed by atoms with E-state index >= 15 is 0 Å². The number of rotatable bonds is 4. The first-order valence-electron chi connectivity index (χ1n) is 3.37. The topological polar surface area (TPSA) is 29.5 Å². The highest BCUT2D eigenvalue weighted by Gasteiger charge is 2.15. The van der Waals surface area contributed by atoms with Gasteiger partial charge in [-0.05, 0) is 13.8 Å². The fourth-order valence-corrected chi connectivity index (χ4v) is 0.480. The summed E-state index contributed by atoms with van der Waals surface area (Å²) in [4.78, 5) is 0. The molecule has 0 aliphatic heterocycles. The van der Waals surface area contributed by atoms with Gasteiger partial charge in [0.15, 0.2) is 0 Å². The van der Waals surface area contributed by atoms with Crippen molar-refractivity contribution in [2.45, 2.75) is 25.6 Å². The molecule has 3 heteroatoms. The van der Waals surface area contributed by atoms with E-state index in [1.807, 2.05) is 0 Å². The average Bonchev–Trinajstić information content (AvgIpc) is 2.00. The molecule has 2 nitrogen and oxygen atoms in total. The summed E-state index contributed by atoms with van der Waals surface area (Å²) in [7, 11) is 0. The number of hydrogen-bond acceptors (Lipinski definition) is 2. The lowest BCUT2D eigenvalue weighted by molar-refractivity contribution is -0.0207. The molecule has 0 aliphatic carbocycles. The van der Waals surface area contributed by atoms with Gasteiger partial charge in [-0.15, -0.1) is 18.0 Å². The summed E-state index contributed by atoms with van der Waals surface area (Å²) in [5, 5.41) is 8.99. The predicted octanol–water partition coefficient (Wildman–Crippen LogP) is 1.01. The van der Waals surface area contributed by atoms with Gasteiger partial charge in [0.1, 0.15) is 5.60 Å². The zero-order valence-electron chi connectivity index (χ0n) is 6.80. The number of hydrogen-bond donors (Lipinski definition) is 1. The third-order valence-electron chi connectivity index (χ3n) is 1.16. The molecule has 1 unspecified atom stereocenters. The molecule has 0 radical (unpaired) electrons. The molecule has 64 valence electrons. The molecular weight excluding hydrogens is 164 g/mol. The first kappa shape index (κ1) is 10.8. The number of terminal acetylenes is 1. The molecule has 0 bridgehead atoms. The Morgan fingerprint density at radius 3 is 2.64 bits per heavy atom. The van der Waals surface area contributed by atoms with Gasteiger partial charge in [-0.25, -0.2) is 0 Å². The minimum absolute atomic E-state index is 0.167. The molecule has 0 saturated heterocycles. The summed E-state index contributed by atoms with van der Waals surface area (Å²) in [6, 6.07) is 0. The first-order valence-corrected chi connectivity index (χ1v) is 3.91. The fourth-order valence-electron chi connectivity index (χ4n) is 0.391.